The van der Waals surface area contributed by atoms with Crippen LogP contribution < -0.4 is 4.90 Å². The summed E-state index contributed by atoms with van der Waals surface area (Å²) in [6.45, 7) is 9.04. The Hall–Kier alpha value is -1.51. The van der Waals surface area contributed by atoms with Crippen molar-refractivity contribution in [3.05, 3.63) is 29.3 Å². The molecule has 0 aromatic heterocycles. The van der Waals surface area contributed by atoms with Crippen LogP contribution in [0, 0.1) is 19.8 Å². The second-order valence-electron chi connectivity index (χ2n) is 5.90. The van der Waals surface area contributed by atoms with E-state index in [0.29, 0.717) is 13.0 Å². The van der Waals surface area contributed by atoms with Gasteiger partial charge in [0.05, 0.1) is 5.92 Å². The summed E-state index contributed by atoms with van der Waals surface area (Å²) in [5.41, 5.74) is 3.54. The largest absolute Gasteiger partial charge is 0.481 e. The van der Waals surface area contributed by atoms with Crippen LogP contribution in [-0.2, 0) is 4.79 Å². The molecule has 1 heterocycles. The fourth-order valence-corrected chi connectivity index (χ4v) is 3.04. The summed E-state index contributed by atoms with van der Waals surface area (Å²) in [5, 5.41) is 9.22. The fraction of sp³-hybridized carbons (Fsp3) is 0.533. The van der Waals surface area contributed by atoms with Crippen molar-refractivity contribution >= 4 is 11.7 Å². The Kier molecular flexibility index (Phi) is 3.09. The first-order valence-corrected chi connectivity index (χ1v) is 6.39. The lowest BCUT2D eigenvalue weighted by Gasteiger charge is -2.35. The summed E-state index contributed by atoms with van der Waals surface area (Å²) < 4.78 is 0. The highest BCUT2D eigenvalue weighted by Crippen LogP contribution is 2.39. The molecule has 0 saturated carbocycles. The number of carboxylic acid groups (broad SMARTS) is 1. The van der Waals surface area contributed by atoms with Crippen LogP contribution in [0.2, 0.25) is 0 Å². The molecule has 1 unspecified atom stereocenters. The van der Waals surface area contributed by atoms with E-state index in [-0.39, 0.29) is 11.5 Å². The molecule has 1 aromatic rings. The minimum Gasteiger partial charge on any atom is -0.481 e. The monoisotopic (exact) mass is 247 g/mol. The molecule has 1 aliphatic rings. The minimum atomic E-state index is -0.684. The number of nitrogens with zero attached hydrogens (tertiary/aromatic N) is 1. The van der Waals surface area contributed by atoms with Crippen LogP contribution in [-0.4, -0.2) is 23.2 Å². The van der Waals surface area contributed by atoms with Gasteiger partial charge in [0.15, 0.2) is 0 Å². The first kappa shape index (κ1) is 12.9. The summed E-state index contributed by atoms with van der Waals surface area (Å²) in [5.74, 6) is -0.948. The molecular weight excluding hydrogens is 226 g/mol. The Morgan fingerprint density at radius 3 is 2.33 bits per heavy atom. The number of hydrogen-bond acceptors (Lipinski definition) is 2. The highest BCUT2D eigenvalue weighted by Gasteiger charge is 2.42. The summed E-state index contributed by atoms with van der Waals surface area (Å²) in [6, 6.07) is 6.23. The van der Waals surface area contributed by atoms with Gasteiger partial charge in [0, 0.05) is 17.8 Å². The van der Waals surface area contributed by atoms with Crippen molar-refractivity contribution in [3.63, 3.8) is 0 Å². The van der Waals surface area contributed by atoms with Gasteiger partial charge in [-0.3, -0.25) is 4.79 Å². The third kappa shape index (κ3) is 2.09. The lowest BCUT2D eigenvalue weighted by atomic mass is 9.95. The zero-order chi connectivity index (χ0) is 13.5. The Bertz CT molecular complexity index is 459. The van der Waals surface area contributed by atoms with E-state index in [1.165, 1.54) is 16.8 Å². The molecule has 3 nitrogen and oxygen atoms in total. The second-order valence-corrected chi connectivity index (χ2v) is 5.90. The zero-order valence-corrected chi connectivity index (χ0v) is 11.5. The van der Waals surface area contributed by atoms with Crippen LogP contribution in [0.15, 0.2) is 18.2 Å². The van der Waals surface area contributed by atoms with Gasteiger partial charge in [0.25, 0.3) is 0 Å². The van der Waals surface area contributed by atoms with E-state index in [1.807, 2.05) is 6.07 Å². The maximum Gasteiger partial charge on any atom is 0.308 e. The third-order valence-electron chi connectivity index (χ3n) is 3.94. The molecule has 1 atom stereocenters. The second kappa shape index (κ2) is 4.30. The average molecular weight is 247 g/mol. The van der Waals surface area contributed by atoms with Gasteiger partial charge in [0.2, 0.25) is 0 Å². The number of rotatable bonds is 2. The highest BCUT2D eigenvalue weighted by molar-refractivity contribution is 5.73. The number of para-hydroxylation sites is 1. The Labute approximate surface area is 108 Å². The average Bonchev–Trinajstić information content (AvgIpc) is 2.55. The first-order chi connectivity index (χ1) is 8.33. The van der Waals surface area contributed by atoms with Gasteiger partial charge in [-0.25, -0.2) is 0 Å². The zero-order valence-electron chi connectivity index (χ0n) is 11.5. The molecule has 0 aliphatic carbocycles. The highest BCUT2D eigenvalue weighted by atomic mass is 16.4. The third-order valence-corrected chi connectivity index (χ3v) is 3.94. The van der Waals surface area contributed by atoms with E-state index < -0.39 is 5.97 Å². The van der Waals surface area contributed by atoms with E-state index in [2.05, 4.69) is 44.7 Å². The molecule has 0 amide bonds. The van der Waals surface area contributed by atoms with E-state index in [0.717, 1.165) is 0 Å². The summed E-state index contributed by atoms with van der Waals surface area (Å²) >= 11 is 0. The number of aryl methyl sites for hydroxylation is 2. The van der Waals surface area contributed by atoms with E-state index in [4.69, 9.17) is 0 Å². The molecule has 18 heavy (non-hydrogen) atoms. The normalized spacial score (nSPS) is 22.2. The molecule has 1 N–H and O–H groups in total. The van der Waals surface area contributed by atoms with Gasteiger partial charge in [-0.15, -0.1) is 0 Å². The van der Waals surface area contributed by atoms with Crippen molar-refractivity contribution < 1.29 is 9.90 Å². The van der Waals surface area contributed by atoms with Gasteiger partial charge >= 0.3 is 5.97 Å². The number of carbonyl (C=O) groups is 1. The molecule has 3 heteroatoms. The lowest BCUT2D eigenvalue weighted by molar-refractivity contribution is -0.141. The maximum absolute atomic E-state index is 11.2. The first-order valence-electron chi connectivity index (χ1n) is 6.39. The number of hydrogen-bond donors (Lipinski definition) is 1. The number of aliphatic carboxylic acids is 1. The van der Waals surface area contributed by atoms with Crippen molar-refractivity contribution in [2.24, 2.45) is 5.92 Å². The van der Waals surface area contributed by atoms with Gasteiger partial charge in [-0.1, -0.05) is 18.2 Å². The van der Waals surface area contributed by atoms with Crippen LogP contribution in [0.25, 0.3) is 0 Å². The SMILES string of the molecule is Cc1cccc(C)c1N1CC(C(=O)O)CC1(C)C. The Morgan fingerprint density at radius 1 is 1.33 bits per heavy atom. The Balaban J connectivity index is 2.42. The predicted molar refractivity (Wildman–Crippen MR) is 73.1 cm³/mol. The number of benzene rings is 1. The van der Waals surface area contributed by atoms with Crippen molar-refractivity contribution in [3.8, 4) is 0 Å². The molecule has 1 aromatic carbocycles. The molecule has 0 bridgehead atoms. The van der Waals surface area contributed by atoms with Crippen molar-refractivity contribution in [1.29, 1.82) is 0 Å². The van der Waals surface area contributed by atoms with Gasteiger partial charge in [-0.05, 0) is 45.2 Å². The molecular formula is C15H21NO2. The summed E-state index contributed by atoms with van der Waals surface area (Å²) in [6.07, 6.45) is 0.704. The summed E-state index contributed by atoms with van der Waals surface area (Å²) in [4.78, 5) is 13.5. The van der Waals surface area contributed by atoms with Crippen LogP contribution in [0.3, 0.4) is 0 Å². The number of anilines is 1. The minimum absolute atomic E-state index is 0.0973. The smallest absolute Gasteiger partial charge is 0.308 e. The predicted octanol–water partition coefficient (Wildman–Crippen LogP) is 2.99. The lowest BCUT2D eigenvalue weighted by Crippen LogP contribution is -2.39. The topological polar surface area (TPSA) is 40.5 Å². The van der Waals surface area contributed by atoms with E-state index in [1.54, 1.807) is 0 Å². The van der Waals surface area contributed by atoms with E-state index >= 15 is 0 Å². The van der Waals surface area contributed by atoms with Gasteiger partial charge in [-0.2, -0.15) is 0 Å². The molecule has 1 aliphatic heterocycles. The molecule has 1 saturated heterocycles. The van der Waals surface area contributed by atoms with Gasteiger partial charge < -0.3 is 10.0 Å². The maximum atomic E-state index is 11.2. The molecule has 0 spiro atoms. The van der Waals surface area contributed by atoms with Crippen LogP contribution in [0.1, 0.15) is 31.4 Å². The van der Waals surface area contributed by atoms with Crippen molar-refractivity contribution in [1.82, 2.24) is 0 Å². The molecule has 1 fully saturated rings. The molecule has 0 radical (unpaired) electrons. The van der Waals surface area contributed by atoms with Crippen LogP contribution in [0.4, 0.5) is 5.69 Å². The number of carboxylic acids is 1. The Morgan fingerprint density at radius 2 is 1.89 bits per heavy atom. The van der Waals surface area contributed by atoms with Crippen molar-refractivity contribution in [2.45, 2.75) is 39.7 Å². The van der Waals surface area contributed by atoms with Crippen LogP contribution >= 0.6 is 0 Å². The standard InChI is InChI=1S/C15H21NO2/c1-10-6-5-7-11(2)13(10)16-9-12(14(17)18)8-15(16,3)4/h5-7,12H,8-9H2,1-4H3,(H,17,18). The van der Waals surface area contributed by atoms with Crippen molar-refractivity contribution in [2.75, 3.05) is 11.4 Å². The quantitative estimate of drug-likeness (QED) is 0.873. The van der Waals surface area contributed by atoms with Crippen LogP contribution in [0.5, 0.6) is 0 Å². The summed E-state index contributed by atoms with van der Waals surface area (Å²) in [7, 11) is 0. The van der Waals surface area contributed by atoms with Gasteiger partial charge in [0.1, 0.15) is 0 Å². The fourth-order valence-electron chi connectivity index (χ4n) is 3.04. The van der Waals surface area contributed by atoms with E-state index in [9.17, 15) is 9.90 Å². The molecule has 98 valence electrons. The molecule has 2 rings (SSSR count).